The van der Waals surface area contributed by atoms with Gasteiger partial charge in [0.25, 0.3) is 0 Å². The molecule has 0 unspecified atom stereocenters. The minimum Gasteiger partial charge on any atom is -1.00 e. The van der Waals surface area contributed by atoms with Gasteiger partial charge in [0.2, 0.25) is 0 Å². The average Bonchev–Trinajstić information content (AvgIpc) is 1.60. The molecule has 0 aliphatic heterocycles. The van der Waals surface area contributed by atoms with Crippen molar-refractivity contribution in [3.63, 3.8) is 0 Å². The second-order valence-electron chi connectivity index (χ2n) is 35.6. The second kappa shape index (κ2) is 45.2. The largest absolute Gasteiger partial charge is 1.00 e. The van der Waals surface area contributed by atoms with Gasteiger partial charge < -0.3 is 50.2 Å². The maximum Gasteiger partial charge on any atom is 1.00 e. The van der Waals surface area contributed by atoms with Crippen LogP contribution in [0.15, 0.2) is 558 Å². The maximum absolute atomic E-state index is 8.63. The molecular weight excluding hydrogens is 1980 g/mol. The molecule has 0 radical (unpaired) electrons. The van der Waals surface area contributed by atoms with Gasteiger partial charge in [-0.3, -0.25) is 0 Å². The Hall–Kier alpha value is -15.8. The van der Waals surface area contributed by atoms with Gasteiger partial charge in [-0.05, 0) is 334 Å². The zero-order valence-electron chi connectivity index (χ0n) is 81.4. The van der Waals surface area contributed by atoms with Crippen LogP contribution in [0.3, 0.4) is 0 Å². The van der Waals surface area contributed by atoms with Crippen LogP contribution in [-0.4, -0.2) is 35.4 Å². The molecule has 10 nitrogen and oxygen atoms in total. The van der Waals surface area contributed by atoms with Crippen LogP contribution < -0.4 is 77.3 Å². The first kappa shape index (κ1) is 97.3. The fourth-order valence-electron chi connectivity index (χ4n) is 19.5. The first-order chi connectivity index (χ1) is 72.0. The molecule has 26 rings (SSSR count). The summed E-state index contributed by atoms with van der Waals surface area (Å²) in [7, 11) is -1.41. The summed E-state index contributed by atoms with van der Waals surface area (Å²) in [6.07, 6.45) is 0. The third-order valence-electron chi connectivity index (χ3n) is 26.4. The minimum absolute atomic E-state index is 0. The van der Waals surface area contributed by atoms with Crippen molar-refractivity contribution in [1.82, 2.24) is 18.3 Å². The number of nitrogens with zero attached hydrogens (tertiary/aromatic N) is 6. The van der Waals surface area contributed by atoms with Gasteiger partial charge in [0.05, 0.1) is 44.1 Å². The SMILES string of the molecule is Clc1ccc(-c2ccc3c(c2)c2ccccc2n3-c2ccccc2)cc1.Ic1ccc2c(c1)c1ccccc1n2-c1ccccc1.OB(O)c1ccc(Cl)cc1.[H-].[K+].c1ccc(N(c2ccc(-c3ccc4c(c3)c3ccccc3n4-c3ccccc3)cc2)c2ccc(N(c3ccccc3)c3ccc(-c4ccc5c(c4)c4ccccc4n5-c4ccccc4)cc3)cc2)cc1.c1ccc(Nc2ccc(Nc3ccccc3)cc2)cc1. The minimum atomic E-state index is -1.41. The van der Waals surface area contributed by atoms with Gasteiger partial charge in [0, 0.05) is 136 Å². The molecular formula is C132H97BCl2IKN8O2. The summed E-state index contributed by atoms with van der Waals surface area (Å²) in [6.45, 7) is 0. The van der Waals surface area contributed by atoms with Crippen LogP contribution >= 0.6 is 45.8 Å². The number of rotatable bonds is 18. The Labute approximate surface area is 922 Å². The zero-order valence-corrected chi connectivity index (χ0v) is 87.2. The van der Waals surface area contributed by atoms with E-state index in [-0.39, 0.29) is 52.8 Å². The molecule has 0 aliphatic carbocycles. The van der Waals surface area contributed by atoms with Crippen LogP contribution in [-0.2, 0) is 0 Å². The molecule has 147 heavy (non-hydrogen) atoms. The Balaban J connectivity index is 0.000000137. The first-order valence-corrected chi connectivity index (χ1v) is 50.5. The molecule has 0 bridgehead atoms. The standard InChI is InChI=1S/C66H46N4.C24H16ClN.C18H12IN.C18H16N2.C6H6BClO2.K.H/c1-5-17-51(18-6-1)67(55-35-29-47(30-36-55)49-33-43-65-61(45-49)59-25-13-15-27-63(59)69(65)53-21-9-3-10-22-53)57-39-41-58(42-40-57)68(52-19-7-2-8-20-52)56-37-31-48(32-38-56)50-34-44-66-62(46-50)60-26-14-16-28-64(60)70(66)54-23-11-4-12-24-54;25-19-13-10-17(11-14-19)18-12-15-24-22(16-18)21-8-4-5-9-23(21)26(24)20-6-2-1-3-7-20;19-13-10-11-18-16(12-13)15-8-4-5-9-17(15)20(18)14-6-2-1-3-7-14;1-3-7-15(8-4-1)19-17-11-13-18(14-12-17)20-16-9-5-2-6-10-16;8-6-3-1-5(2-4-6)7(9)10;;/h1-46H;1-16H;1-12H;1-14,19-20H;1-4,9-10H;;/q;;;;;+1;-1. The number of nitrogens with one attached hydrogen (secondary N) is 2. The molecule has 15 heteroatoms. The predicted octanol–water partition coefficient (Wildman–Crippen LogP) is 33.0. The summed E-state index contributed by atoms with van der Waals surface area (Å²) < 4.78 is 10.7. The van der Waals surface area contributed by atoms with E-state index in [9.17, 15) is 0 Å². The van der Waals surface area contributed by atoms with Gasteiger partial charge in [0.1, 0.15) is 0 Å². The number of fused-ring (bicyclic) bond motifs is 12. The van der Waals surface area contributed by atoms with Crippen LogP contribution in [0.5, 0.6) is 0 Å². The Kier molecular flexibility index (Phi) is 29.9. The van der Waals surface area contributed by atoms with Gasteiger partial charge in [-0.2, -0.15) is 0 Å². The summed E-state index contributed by atoms with van der Waals surface area (Å²) in [5, 5.41) is 35.5. The summed E-state index contributed by atoms with van der Waals surface area (Å²) in [4.78, 5) is 4.67. The van der Waals surface area contributed by atoms with Crippen molar-refractivity contribution in [1.29, 1.82) is 0 Å². The van der Waals surface area contributed by atoms with Crippen LogP contribution in [0.2, 0.25) is 10.0 Å². The predicted molar refractivity (Wildman–Crippen MR) is 628 cm³/mol. The van der Waals surface area contributed by atoms with E-state index in [2.05, 4.69) is 547 Å². The number of benzene rings is 22. The topological polar surface area (TPSA) is 90.7 Å². The van der Waals surface area contributed by atoms with E-state index in [0.29, 0.717) is 10.5 Å². The molecule has 4 heterocycles. The van der Waals surface area contributed by atoms with Crippen molar-refractivity contribution < 1.29 is 62.9 Å². The van der Waals surface area contributed by atoms with Crippen LogP contribution in [0.1, 0.15) is 1.43 Å². The number of aromatic nitrogens is 4. The van der Waals surface area contributed by atoms with Gasteiger partial charge in [-0.25, -0.2) is 0 Å². The molecule has 0 aliphatic rings. The van der Waals surface area contributed by atoms with Crippen molar-refractivity contribution in [2.24, 2.45) is 0 Å². The molecule has 702 valence electrons. The maximum atomic E-state index is 8.63. The smallest absolute Gasteiger partial charge is 1.00 e. The van der Waals surface area contributed by atoms with E-state index >= 15 is 0 Å². The molecule has 0 fully saturated rings. The molecule has 0 atom stereocenters. The number of hydrogen-bond acceptors (Lipinski definition) is 6. The molecule has 0 saturated carbocycles. The fourth-order valence-corrected chi connectivity index (χ4v) is 20.3. The number of halogens is 3. The normalized spacial score (nSPS) is 11.0. The Morgan fingerprint density at radius 3 is 0.707 bits per heavy atom. The van der Waals surface area contributed by atoms with Crippen LogP contribution in [0, 0.1) is 3.57 Å². The van der Waals surface area contributed by atoms with E-state index in [1.165, 1.54) is 136 Å². The van der Waals surface area contributed by atoms with Crippen molar-refractivity contribution in [2.45, 2.75) is 0 Å². The van der Waals surface area contributed by atoms with Crippen LogP contribution in [0.25, 0.3) is 143 Å². The summed E-state index contributed by atoms with van der Waals surface area (Å²) in [5.41, 5.74) is 32.9. The average molecular weight is 2080 g/mol. The van der Waals surface area contributed by atoms with Crippen molar-refractivity contribution in [2.75, 3.05) is 20.4 Å². The molecule has 4 N–H and O–H groups in total. The number of hydrogen-bond donors (Lipinski definition) is 4. The molecule has 0 amide bonds. The summed E-state index contributed by atoms with van der Waals surface area (Å²) in [5.74, 6) is 0. The van der Waals surface area contributed by atoms with E-state index < -0.39 is 7.12 Å². The first-order valence-electron chi connectivity index (χ1n) is 48.6. The van der Waals surface area contributed by atoms with Crippen molar-refractivity contribution in [3.05, 3.63) is 572 Å². The van der Waals surface area contributed by atoms with Crippen molar-refractivity contribution in [3.8, 4) is 56.1 Å². The van der Waals surface area contributed by atoms with Gasteiger partial charge >= 0.3 is 58.5 Å². The van der Waals surface area contributed by atoms with E-state index in [1.54, 1.807) is 24.3 Å². The number of anilines is 10. The van der Waals surface area contributed by atoms with E-state index in [4.69, 9.17) is 33.2 Å². The third-order valence-corrected chi connectivity index (χ3v) is 27.6. The second-order valence-corrected chi connectivity index (χ2v) is 37.7. The van der Waals surface area contributed by atoms with E-state index in [0.717, 1.165) is 73.3 Å². The molecule has 0 saturated heterocycles. The zero-order chi connectivity index (χ0) is 98.6. The van der Waals surface area contributed by atoms with E-state index in [1.807, 2.05) is 48.5 Å². The van der Waals surface area contributed by atoms with Crippen molar-refractivity contribution >= 4 is 202 Å². The Morgan fingerprint density at radius 1 is 0.204 bits per heavy atom. The summed E-state index contributed by atoms with van der Waals surface area (Å²) in [6, 6.07) is 195. The molecule has 22 aromatic carbocycles. The van der Waals surface area contributed by atoms with Gasteiger partial charge in [-0.15, -0.1) is 0 Å². The van der Waals surface area contributed by atoms with Crippen LogP contribution in [0.4, 0.5) is 56.9 Å². The van der Waals surface area contributed by atoms with Gasteiger partial charge in [-0.1, -0.05) is 308 Å². The summed E-state index contributed by atoms with van der Waals surface area (Å²) >= 11 is 14.0. The Morgan fingerprint density at radius 2 is 0.415 bits per heavy atom. The number of para-hydroxylation sites is 12. The molecule has 4 aromatic heterocycles. The quantitative estimate of drug-likeness (QED) is 0.0506. The van der Waals surface area contributed by atoms with Gasteiger partial charge in [0.15, 0.2) is 0 Å². The monoisotopic (exact) mass is 2070 g/mol. The molecule has 26 aromatic rings. The third kappa shape index (κ3) is 21.4. The Bertz CT molecular complexity index is 8680. The fraction of sp³-hybridized carbons (Fsp3) is 0. The molecule has 0 spiro atoms.